The highest BCUT2D eigenvalue weighted by atomic mass is 16.5. The average molecular weight is 215 g/mol. The van der Waals surface area contributed by atoms with Crippen molar-refractivity contribution in [1.82, 2.24) is 4.90 Å². The first-order chi connectivity index (χ1) is 7.13. The van der Waals surface area contributed by atoms with Gasteiger partial charge < -0.3 is 14.7 Å². The van der Waals surface area contributed by atoms with E-state index in [9.17, 15) is 4.79 Å². The van der Waals surface area contributed by atoms with Gasteiger partial charge in [0.05, 0.1) is 6.10 Å². The van der Waals surface area contributed by atoms with Crippen molar-refractivity contribution in [3.8, 4) is 0 Å². The van der Waals surface area contributed by atoms with Gasteiger partial charge in [0.2, 0.25) is 5.91 Å². The van der Waals surface area contributed by atoms with Gasteiger partial charge in [-0.25, -0.2) is 0 Å². The number of aliphatic hydroxyl groups excluding tert-OH is 1. The van der Waals surface area contributed by atoms with Gasteiger partial charge in [-0.3, -0.25) is 4.79 Å². The molecule has 1 amide bonds. The second-order valence-corrected chi connectivity index (χ2v) is 4.39. The zero-order chi connectivity index (χ0) is 11.3. The van der Waals surface area contributed by atoms with Crippen LogP contribution in [-0.4, -0.2) is 48.3 Å². The Bertz CT molecular complexity index is 206. The average Bonchev–Trinajstić information content (AvgIpc) is 2.26. The summed E-state index contributed by atoms with van der Waals surface area (Å²) in [5.74, 6) is 0.295. The summed E-state index contributed by atoms with van der Waals surface area (Å²) in [6.45, 7) is 5.65. The molecule has 4 nitrogen and oxygen atoms in total. The van der Waals surface area contributed by atoms with Crippen LogP contribution in [0.3, 0.4) is 0 Å². The van der Waals surface area contributed by atoms with Gasteiger partial charge in [-0.2, -0.15) is 0 Å². The van der Waals surface area contributed by atoms with Crippen molar-refractivity contribution in [2.24, 2.45) is 5.92 Å². The summed E-state index contributed by atoms with van der Waals surface area (Å²) in [5.41, 5.74) is 0. The monoisotopic (exact) mass is 215 g/mol. The van der Waals surface area contributed by atoms with Gasteiger partial charge in [-0.05, 0) is 32.6 Å². The molecule has 0 bridgehead atoms. The van der Waals surface area contributed by atoms with E-state index in [0.29, 0.717) is 6.54 Å². The predicted octanol–water partition coefficient (Wildman–Crippen LogP) is 0.642. The van der Waals surface area contributed by atoms with Crippen LogP contribution in [0.4, 0.5) is 0 Å². The van der Waals surface area contributed by atoms with Crippen LogP contribution in [0.1, 0.15) is 26.7 Å². The number of amides is 1. The first-order valence-corrected chi connectivity index (χ1v) is 5.63. The fraction of sp³-hybridized carbons (Fsp3) is 0.909. The Labute approximate surface area is 91.2 Å². The molecule has 0 aromatic carbocycles. The summed E-state index contributed by atoms with van der Waals surface area (Å²) in [5, 5.41) is 9.04. The Balaban J connectivity index is 2.32. The number of nitrogens with zero attached hydrogens (tertiary/aromatic N) is 1. The zero-order valence-electron chi connectivity index (χ0n) is 9.61. The molecule has 1 aliphatic heterocycles. The molecule has 1 rings (SSSR count). The maximum atomic E-state index is 11.7. The summed E-state index contributed by atoms with van der Waals surface area (Å²) in [7, 11) is 0. The number of carbonyl (C=O) groups excluding carboxylic acids is 1. The molecule has 1 heterocycles. The number of likely N-dealkylation sites (tertiary alicyclic amines) is 1. The minimum absolute atomic E-state index is 0.0434. The highest BCUT2D eigenvalue weighted by Crippen LogP contribution is 2.15. The maximum absolute atomic E-state index is 11.7. The number of ether oxygens (including phenoxy) is 1. The second kappa shape index (κ2) is 6.08. The lowest BCUT2D eigenvalue weighted by molar-refractivity contribution is -0.139. The predicted molar refractivity (Wildman–Crippen MR) is 57.5 cm³/mol. The molecule has 1 fully saturated rings. The number of rotatable bonds is 4. The minimum atomic E-state index is 0.0434. The molecule has 88 valence electrons. The molecule has 0 aromatic rings. The molecule has 0 saturated carbocycles. The second-order valence-electron chi connectivity index (χ2n) is 4.39. The molecule has 0 radical (unpaired) electrons. The van der Waals surface area contributed by atoms with Crippen molar-refractivity contribution >= 4 is 5.91 Å². The molecule has 1 atom stereocenters. The highest BCUT2D eigenvalue weighted by Gasteiger charge is 2.22. The molecular weight excluding hydrogens is 194 g/mol. The first kappa shape index (κ1) is 12.5. The van der Waals surface area contributed by atoms with Crippen molar-refractivity contribution in [3.05, 3.63) is 0 Å². The number of hydrogen-bond donors (Lipinski definition) is 1. The van der Waals surface area contributed by atoms with Gasteiger partial charge in [-0.1, -0.05) is 0 Å². The van der Waals surface area contributed by atoms with Gasteiger partial charge in [0.1, 0.15) is 6.61 Å². The molecule has 0 aromatic heterocycles. The number of hydrogen-bond acceptors (Lipinski definition) is 3. The normalized spacial score (nSPS) is 22.1. The standard InChI is InChI=1S/C11H21NO3/c1-9(2)15-8-11(14)12-5-3-4-10(6-12)7-13/h9-10,13H,3-8H2,1-2H3. The minimum Gasteiger partial charge on any atom is -0.396 e. The molecular formula is C11H21NO3. The van der Waals surface area contributed by atoms with Crippen LogP contribution >= 0.6 is 0 Å². The van der Waals surface area contributed by atoms with Crippen LogP contribution in [0.5, 0.6) is 0 Å². The molecule has 1 unspecified atom stereocenters. The lowest BCUT2D eigenvalue weighted by Crippen LogP contribution is -2.42. The third-order valence-corrected chi connectivity index (χ3v) is 2.67. The fourth-order valence-corrected chi connectivity index (χ4v) is 1.77. The van der Waals surface area contributed by atoms with E-state index in [1.54, 1.807) is 4.90 Å². The number of aliphatic hydroxyl groups is 1. The largest absolute Gasteiger partial charge is 0.396 e. The molecule has 1 N–H and O–H groups in total. The first-order valence-electron chi connectivity index (χ1n) is 5.63. The van der Waals surface area contributed by atoms with Crippen molar-refractivity contribution in [1.29, 1.82) is 0 Å². The van der Waals surface area contributed by atoms with E-state index in [4.69, 9.17) is 9.84 Å². The highest BCUT2D eigenvalue weighted by molar-refractivity contribution is 5.77. The van der Waals surface area contributed by atoms with E-state index in [-0.39, 0.29) is 31.1 Å². The summed E-state index contributed by atoms with van der Waals surface area (Å²) >= 11 is 0. The lowest BCUT2D eigenvalue weighted by atomic mass is 9.99. The van der Waals surface area contributed by atoms with Gasteiger partial charge in [0, 0.05) is 19.7 Å². The van der Waals surface area contributed by atoms with Crippen LogP contribution < -0.4 is 0 Å². The Hall–Kier alpha value is -0.610. The topological polar surface area (TPSA) is 49.8 Å². The molecule has 1 aliphatic rings. The van der Waals surface area contributed by atoms with E-state index in [2.05, 4.69) is 0 Å². The Morgan fingerprint density at radius 1 is 1.60 bits per heavy atom. The molecule has 15 heavy (non-hydrogen) atoms. The fourth-order valence-electron chi connectivity index (χ4n) is 1.77. The SMILES string of the molecule is CC(C)OCC(=O)N1CCCC(CO)C1. The third-order valence-electron chi connectivity index (χ3n) is 2.67. The summed E-state index contributed by atoms with van der Waals surface area (Å²) in [6, 6.07) is 0. The van der Waals surface area contributed by atoms with Gasteiger partial charge in [-0.15, -0.1) is 0 Å². The Morgan fingerprint density at radius 3 is 2.93 bits per heavy atom. The molecule has 1 saturated heterocycles. The summed E-state index contributed by atoms with van der Waals surface area (Å²) in [6.07, 6.45) is 2.09. The van der Waals surface area contributed by atoms with E-state index in [1.807, 2.05) is 13.8 Å². The van der Waals surface area contributed by atoms with Crippen molar-refractivity contribution in [3.63, 3.8) is 0 Å². The zero-order valence-corrected chi connectivity index (χ0v) is 9.61. The smallest absolute Gasteiger partial charge is 0.248 e. The van der Waals surface area contributed by atoms with Gasteiger partial charge >= 0.3 is 0 Å². The van der Waals surface area contributed by atoms with Crippen molar-refractivity contribution in [2.45, 2.75) is 32.8 Å². The number of piperidine rings is 1. The Kier molecular flexibility index (Phi) is 5.05. The summed E-state index contributed by atoms with van der Waals surface area (Å²) in [4.78, 5) is 13.5. The van der Waals surface area contributed by atoms with E-state index in [1.165, 1.54) is 0 Å². The summed E-state index contributed by atoms with van der Waals surface area (Å²) < 4.78 is 5.27. The lowest BCUT2D eigenvalue weighted by Gasteiger charge is -2.31. The van der Waals surface area contributed by atoms with Crippen molar-refractivity contribution in [2.75, 3.05) is 26.3 Å². The Morgan fingerprint density at radius 2 is 2.33 bits per heavy atom. The van der Waals surface area contributed by atoms with Crippen LogP contribution in [0, 0.1) is 5.92 Å². The molecule has 0 aliphatic carbocycles. The van der Waals surface area contributed by atoms with Crippen LogP contribution in [-0.2, 0) is 9.53 Å². The van der Waals surface area contributed by atoms with E-state index >= 15 is 0 Å². The molecule has 4 heteroatoms. The maximum Gasteiger partial charge on any atom is 0.248 e. The van der Waals surface area contributed by atoms with Crippen LogP contribution in [0.15, 0.2) is 0 Å². The van der Waals surface area contributed by atoms with Crippen molar-refractivity contribution < 1.29 is 14.6 Å². The van der Waals surface area contributed by atoms with Gasteiger partial charge in [0.25, 0.3) is 0 Å². The van der Waals surface area contributed by atoms with Gasteiger partial charge in [0.15, 0.2) is 0 Å². The number of carbonyl (C=O) groups is 1. The van der Waals surface area contributed by atoms with Crippen LogP contribution in [0.2, 0.25) is 0 Å². The third kappa shape index (κ3) is 4.18. The van der Waals surface area contributed by atoms with E-state index < -0.39 is 0 Å². The van der Waals surface area contributed by atoms with Crippen LogP contribution in [0.25, 0.3) is 0 Å². The molecule has 0 spiro atoms. The van der Waals surface area contributed by atoms with E-state index in [0.717, 1.165) is 19.4 Å². The quantitative estimate of drug-likeness (QED) is 0.749.